The van der Waals surface area contributed by atoms with Gasteiger partial charge in [0.2, 0.25) is 11.8 Å². The molecule has 0 N–H and O–H groups in total. The Morgan fingerprint density at radius 3 is 2.38 bits per heavy atom. The number of imide groups is 1. The lowest BCUT2D eigenvalue weighted by atomic mass is 9.73. The monoisotopic (exact) mass is 357 g/mol. The third-order valence-electron chi connectivity index (χ3n) is 4.44. The Morgan fingerprint density at radius 1 is 1.05 bits per heavy atom. The first-order valence-corrected chi connectivity index (χ1v) is 7.76. The third kappa shape index (κ3) is 2.29. The van der Waals surface area contributed by atoms with Gasteiger partial charge in [0.05, 0.1) is 15.6 Å². The second kappa shape index (κ2) is 5.16. The number of benzene rings is 1. The van der Waals surface area contributed by atoms with Gasteiger partial charge in [-0.25, -0.2) is 13.7 Å². The van der Waals surface area contributed by atoms with E-state index in [1.807, 2.05) is 0 Å². The summed E-state index contributed by atoms with van der Waals surface area (Å²) in [6.45, 7) is 0. The van der Waals surface area contributed by atoms with Crippen LogP contribution in [0.4, 0.5) is 14.5 Å². The zero-order valence-electron chi connectivity index (χ0n) is 11.3. The smallest absolute Gasteiger partial charge is 0.240 e. The van der Waals surface area contributed by atoms with Gasteiger partial charge in [-0.1, -0.05) is 19.3 Å². The summed E-state index contributed by atoms with van der Waals surface area (Å²) in [5, 5.41) is 0. The first-order chi connectivity index (χ1) is 9.94. The Morgan fingerprint density at radius 2 is 1.71 bits per heavy atom. The van der Waals surface area contributed by atoms with Crippen molar-refractivity contribution in [2.45, 2.75) is 38.5 Å². The predicted octanol–water partition coefficient (Wildman–Crippen LogP) is 3.94. The van der Waals surface area contributed by atoms with Crippen LogP contribution in [-0.2, 0) is 9.59 Å². The van der Waals surface area contributed by atoms with Crippen molar-refractivity contribution >= 4 is 33.4 Å². The zero-order chi connectivity index (χ0) is 15.2. The number of carbonyl (C=O) groups is 2. The van der Waals surface area contributed by atoms with Crippen LogP contribution in [0.5, 0.6) is 0 Å². The molecule has 1 spiro atoms. The van der Waals surface area contributed by atoms with Gasteiger partial charge in [-0.3, -0.25) is 9.59 Å². The SMILES string of the molecule is O=C1CC2(CCCCC2)C(=O)N1c1cc(F)c(Br)cc1F. The summed E-state index contributed by atoms with van der Waals surface area (Å²) in [7, 11) is 0. The van der Waals surface area contributed by atoms with Gasteiger partial charge in [-0.15, -0.1) is 0 Å². The molecule has 0 atom stereocenters. The number of halogens is 3. The molecule has 6 heteroatoms. The fraction of sp³-hybridized carbons (Fsp3) is 0.467. The molecule has 2 fully saturated rings. The maximum atomic E-state index is 14.0. The molecule has 1 aliphatic carbocycles. The molecule has 1 aliphatic heterocycles. The molecule has 21 heavy (non-hydrogen) atoms. The minimum absolute atomic E-state index is 0.0322. The normalized spacial score (nSPS) is 21.4. The summed E-state index contributed by atoms with van der Waals surface area (Å²) in [4.78, 5) is 25.7. The highest BCUT2D eigenvalue weighted by Crippen LogP contribution is 2.47. The summed E-state index contributed by atoms with van der Waals surface area (Å²) in [5.74, 6) is -2.30. The van der Waals surface area contributed by atoms with E-state index < -0.39 is 23.0 Å². The van der Waals surface area contributed by atoms with Crippen LogP contribution < -0.4 is 4.90 Å². The molecule has 0 radical (unpaired) electrons. The third-order valence-corrected chi connectivity index (χ3v) is 5.04. The minimum atomic E-state index is -0.780. The number of hydrogen-bond acceptors (Lipinski definition) is 2. The highest BCUT2D eigenvalue weighted by atomic mass is 79.9. The van der Waals surface area contributed by atoms with Gasteiger partial charge in [-0.2, -0.15) is 0 Å². The van der Waals surface area contributed by atoms with Gasteiger partial charge < -0.3 is 0 Å². The Balaban J connectivity index is 2.01. The molecule has 1 aromatic rings. The average Bonchev–Trinajstić information content (AvgIpc) is 2.67. The van der Waals surface area contributed by atoms with Crippen molar-refractivity contribution in [1.29, 1.82) is 0 Å². The van der Waals surface area contributed by atoms with Crippen LogP contribution in [0.15, 0.2) is 16.6 Å². The molecule has 1 aromatic carbocycles. The molecule has 3 nitrogen and oxygen atoms in total. The van der Waals surface area contributed by atoms with Crippen molar-refractivity contribution < 1.29 is 18.4 Å². The second-order valence-electron chi connectivity index (χ2n) is 5.77. The topological polar surface area (TPSA) is 37.4 Å². The number of nitrogens with zero attached hydrogens (tertiary/aromatic N) is 1. The van der Waals surface area contributed by atoms with Crippen LogP contribution in [0.25, 0.3) is 0 Å². The standard InChI is InChI=1S/C15H14BrF2NO2/c16-9-6-11(18)12(7-10(9)17)19-13(20)8-15(14(19)21)4-2-1-3-5-15/h6-7H,1-5,8H2. The highest BCUT2D eigenvalue weighted by Gasteiger charge is 2.52. The Bertz CT molecular complexity index is 626. The van der Waals surface area contributed by atoms with Gasteiger partial charge in [0, 0.05) is 12.5 Å². The van der Waals surface area contributed by atoms with Crippen LogP contribution >= 0.6 is 15.9 Å². The zero-order valence-corrected chi connectivity index (χ0v) is 12.9. The van der Waals surface area contributed by atoms with E-state index in [0.717, 1.165) is 36.3 Å². The number of anilines is 1. The van der Waals surface area contributed by atoms with Crippen molar-refractivity contribution in [1.82, 2.24) is 0 Å². The molecule has 1 heterocycles. The van der Waals surface area contributed by atoms with E-state index in [4.69, 9.17) is 0 Å². The van der Waals surface area contributed by atoms with Crippen molar-refractivity contribution in [3.05, 3.63) is 28.2 Å². The van der Waals surface area contributed by atoms with E-state index >= 15 is 0 Å². The van der Waals surface area contributed by atoms with Crippen molar-refractivity contribution in [2.75, 3.05) is 4.90 Å². The predicted molar refractivity (Wildman–Crippen MR) is 76.7 cm³/mol. The molecule has 3 rings (SSSR count). The maximum absolute atomic E-state index is 14.0. The molecule has 1 saturated heterocycles. The molecular formula is C15H14BrF2NO2. The quantitative estimate of drug-likeness (QED) is 0.563. The highest BCUT2D eigenvalue weighted by molar-refractivity contribution is 9.10. The number of hydrogen-bond donors (Lipinski definition) is 0. The molecular weight excluding hydrogens is 344 g/mol. The molecule has 0 aromatic heterocycles. The van der Waals surface area contributed by atoms with Crippen LogP contribution in [-0.4, -0.2) is 11.8 Å². The van der Waals surface area contributed by atoms with Crippen LogP contribution in [0.1, 0.15) is 38.5 Å². The van der Waals surface area contributed by atoms with Gasteiger partial charge in [-0.05, 0) is 34.8 Å². The van der Waals surface area contributed by atoms with Gasteiger partial charge >= 0.3 is 0 Å². The number of carbonyl (C=O) groups excluding carboxylic acids is 2. The fourth-order valence-electron chi connectivity index (χ4n) is 3.34. The van der Waals surface area contributed by atoms with E-state index in [2.05, 4.69) is 15.9 Å². The average molecular weight is 358 g/mol. The Kier molecular flexibility index (Phi) is 3.59. The lowest BCUT2D eigenvalue weighted by molar-refractivity contribution is -0.127. The summed E-state index contributed by atoms with van der Waals surface area (Å²) >= 11 is 2.89. The minimum Gasteiger partial charge on any atom is -0.274 e. The lowest BCUT2D eigenvalue weighted by Gasteiger charge is -2.30. The number of rotatable bonds is 1. The van der Waals surface area contributed by atoms with Gasteiger partial charge in [0.1, 0.15) is 11.6 Å². The summed E-state index contributed by atoms with van der Waals surface area (Å²) in [6, 6.07) is 1.84. The van der Waals surface area contributed by atoms with Crippen LogP contribution in [0, 0.1) is 17.0 Å². The summed E-state index contributed by atoms with van der Waals surface area (Å²) in [5.41, 5.74) is -0.987. The molecule has 0 unspecified atom stereocenters. The first kappa shape index (κ1) is 14.6. The van der Waals surface area contributed by atoms with Gasteiger partial charge in [0.25, 0.3) is 0 Å². The molecule has 2 amide bonds. The van der Waals surface area contributed by atoms with E-state index in [0.29, 0.717) is 12.8 Å². The number of amides is 2. The lowest BCUT2D eigenvalue weighted by Crippen LogP contribution is -2.37. The van der Waals surface area contributed by atoms with E-state index in [1.165, 1.54) is 0 Å². The summed E-state index contributed by atoms with van der Waals surface area (Å²) in [6.07, 6.45) is 4.23. The molecule has 2 aliphatic rings. The van der Waals surface area contributed by atoms with E-state index in [1.54, 1.807) is 0 Å². The molecule has 1 saturated carbocycles. The second-order valence-corrected chi connectivity index (χ2v) is 6.62. The Hall–Kier alpha value is -1.30. The fourth-order valence-corrected chi connectivity index (χ4v) is 3.66. The van der Waals surface area contributed by atoms with Crippen LogP contribution in [0.2, 0.25) is 0 Å². The molecule has 112 valence electrons. The van der Waals surface area contributed by atoms with Crippen molar-refractivity contribution in [2.24, 2.45) is 5.41 Å². The largest absolute Gasteiger partial charge is 0.274 e. The van der Waals surface area contributed by atoms with E-state index in [9.17, 15) is 18.4 Å². The van der Waals surface area contributed by atoms with Crippen LogP contribution in [0.3, 0.4) is 0 Å². The summed E-state index contributed by atoms with van der Waals surface area (Å²) < 4.78 is 27.6. The maximum Gasteiger partial charge on any atom is 0.240 e. The van der Waals surface area contributed by atoms with E-state index in [-0.39, 0.29) is 22.5 Å². The van der Waals surface area contributed by atoms with Crippen molar-refractivity contribution in [3.63, 3.8) is 0 Å². The molecule has 0 bridgehead atoms. The van der Waals surface area contributed by atoms with Crippen molar-refractivity contribution in [3.8, 4) is 0 Å². The first-order valence-electron chi connectivity index (χ1n) is 6.96. The van der Waals surface area contributed by atoms with Gasteiger partial charge in [0.15, 0.2) is 0 Å². The Labute approximate surface area is 129 Å².